The van der Waals surface area contributed by atoms with Gasteiger partial charge in [0.15, 0.2) is 0 Å². The molecule has 0 bridgehead atoms. The van der Waals surface area contributed by atoms with E-state index >= 15 is 0 Å². The molecule has 32 heavy (non-hydrogen) atoms. The fraction of sp³-hybridized carbons (Fsp3) is 0.115. The summed E-state index contributed by atoms with van der Waals surface area (Å²) in [6, 6.07) is 27.1. The van der Waals surface area contributed by atoms with Crippen LogP contribution in [0.2, 0.25) is 5.02 Å². The Kier molecular flexibility index (Phi) is 6.87. The van der Waals surface area contributed by atoms with E-state index in [1.807, 2.05) is 48.7 Å². The van der Waals surface area contributed by atoms with Crippen molar-refractivity contribution in [1.29, 1.82) is 0 Å². The molecule has 4 nitrogen and oxygen atoms in total. The maximum atomic E-state index is 13.2. The molecule has 2 amide bonds. The summed E-state index contributed by atoms with van der Waals surface area (Å²) in [5.74, 6) is -0.255. The molecule has 0 radical (unpaired) electrons. The predicted molar refractivity (Wildman–Crippen MR) is 126 cm³/mol. The first-order valence-electron chi connectivity index (χ1n) is 10.3. The number of nitrogens with zero attached hydrogens (tertiary/aromatic N) is 2. The van der Waals surface area contributed by atoms with Gasteiger partial charge in [-0.05, 0) is 59.7 Å². The second-order valence-corrected chi connectivity index (χ2v) is 7.97. The molecule has 162 valence electrons. The van der Waals surface area contributed by atoms with Crippen molar-refractivity contribution >= 4 is 23.3 Å². The van der Waals surface area contributed by atoms with Crippen LogP contribution in [-0.2, 0) is 19.6 Å². The lowest BCUT2D eigenvalue weighted by Crippen LogP contribution is -2.34. The fourth-order valence-electron chi connectivity index (χ4n) is 3.47. The highest BCUT2D eigenvalue weighted by Crippen LogP contribution is 2.17. The van der Waals surface area contributed by atoms with E-state index in [1.54, 1.807) is 41.3 Å². The van der Waals surface area contributed by atoms with E-state index in [-0.39, 0.29) is 11.8 Å². The Bertz CT molecular complexity index is 1160. The highest BCUT2D eigenvalue weighted by atomic mass is 35.5. The maximum absolute atomic E-state index is 13.2. The van der Waals surface area contributed by atoms with E-state index < -0.39 is 0 Å². The molecule has 0 saturated heterocycles. The normalized spacial score (nSPS) is 10.7. The Labute approximate surface area is 191 Å². The van der Waals surface area contributed by atoms with Gasteiger partial charge in [0.25, 0.3) is 0 Å². The molecule has 0 atom stereocenters. The number of hydrogen-bond donors (Lipinski definition) is 1. The van der Waals surface area contributed by atoms with Gasteiger partial charge in [0.05, 0.1) is 6.54 Å². The van der Waals surface area contributed by atoms with E-state index in [4.69, 9.17) is 11.6 Å². The third-order valence-electron chi connectivity index (χ3n) is 5.14. The highest BCUT2D eigenvalue weighted by molar-refractivity contribution is 6.30. The zero-order valence-corrected chi connectivity index (χ0v) is 18.2. The molecule has 0 fully saturated rings. The molecule has 6 heteroatoms. The largest absolute Gasteiger partial charge is 0.345 e. The van der Waals surface area contributed by atoms with Crippen LogP contribution >= 0.6 is 11.6 Å². The SMILES string of the molecule is O=C(Nc1ccc(Cl)cc1)N(Cc1ccccc1)Cc1cccn1Cc1ccc(F)cc1. The van der Waals surface area contributed by atoms with Crippen molar-refractivity contribution in [3.63, 3.8) is 0 Å². The molecule has 4 rings (SSSR count). The average Bonchev–Trinajstić information content (AvgIpc) is 3.23. The van der Waals surface area contributed by atoms with Crippen LogP contribution in [0.4, 0.5) is 14.9 Å². The van der Waals surface area contributed by atoms with Gasteiger partial charge >= 0.3 is 6.03 Å². The standard InChI is InChI=1S/C26H23ClFN3O/c27-22-10-14-24(15-11-22)29-26(32)31(18-20-5-2-1-3-6-20)19-25-7-4-16-30(25)17-21-8-12-23(28)13-9-21/h1-16H,17-19H2,(H,29,32). The van der Waals surface area contributed by atoms with Crippen LogP contribution in [0.15, 0.2) is 97.2 Å². The van der Waals surface area contributed by atoms with E-state index in [1.165, 1.54) is 12.1 Å². The number of benzene rings is 3. The molecule has 0 saturated carbocycles. The summed E-state index contributed by atoms with van der Waals surface area (Å²) in [4.78, 5) is 14.9. The minimum Gasteiger partial charge on any atom is -0.345 e. The second kappa shape index (κ2) is 10.2. The van der Waals surface area contributed by atoms with Crippen LogP contribution in [-0.4, -0.2) is 15.5 Å². The van der Waals surface area contributed by atoms with Crippen LogP contribution in [0.1, 0.15) is 16.8 Å². The van der Waals surface area contributed by atoms with E-state index in [0.29, 0.717) is 30.3 Å². The predicted octanol–water partition coefficient (Wildman–Crippen LogP) is 6.56. The molecular weight excluding hydrogens is 425 g/mol. The van der Waals surface area contributed by atoms with Gasteiger partial charge in [0.2, 0.25) is 0 Å². The topological polar surface area (TPSA) is 37.3 Å². The number of rotatable bonds is 7. The van der Waals surface area contributed by atoms with Crippen molar-refractivity contribution in [3.8, 4) is 0 Å². The summed E-state index contributed by atoms with van der Waals surface area (Å²) >= 11 is 5.96. The molecule has 3 aromatic carbocycles. The zero-order valence-electron chi connectivity index (χ0n) is 17.4. The monoisotopic (exact) mass is 447 g/mol. The molecule has 4 aromatic rings. The first-order valence-corrected chi connectivity index (χ1v) is 10.7. The number of nitrogens with one attached hydrogen (secondary N) is 1. The third-order valence-corrected chi connectivity index (χ3v) is 5.39. The molecule has 0 aliphatic carbocycles. The van der Waals surface area contributed by atoms with Gasteiger partial charge in [-0.1, -0.05) is 54.1 Å². The van der Waals surface area contributed by atoms with Crippen LogP contribution in [0.25, 0.3) is 0 Å². The first kappa shape index (κ1) is 21.7. The number of hydrogen-bond acceptors (Lipinski definition) is 1. The molecule has 0 aliphatic heterocycles. The second-order valence-electron chi connectivity index (χ2n) is 7.53. The smallest absolute Gasteiger partial charge is 0.322 e. The van der Waals surface area contributed by atoms with Crippen molar-refractivity contribution in [2.75, 3.05) is 5.32 Å². The first-order chi connectivity index (χ1) is 15.6. The lowest BCUT2D eigenvalue weighted by Gasteiger charge is -2.24. The minimum absolute atomic E-state index is 0.203. The third kappa shape index (κ3) is 5.77. The van der Waals surface area contributed by atoms with Gasteiger partial charge in [-0.15, -0.1) is 0 Å². The van der Waals surface area contributed by atoms with Crippen LogP contribution in [0.5, 0.6) is 0 Å². The van der Waals surface area contributed by atoms with E-state index in [2.05, 4.69) is 9.88 Å². The van der Waals surface area contributed by atoms with Crippen molar-refractivity contribution in [2.24, 2.45) is 0 Å². The van der Waals surface area contributed by atoms with E-state index in [9.17, 15) is 9.18 Å². The van der Waals surface area contributed by atoms with Crippen LogP contribution in [0.3, 0.4) is 0 Å². The molecule has 0 spiro atoms. The number of carbonyl (C=O) groups is 1. The average molecular weight is 448 g/mol. The van der Waals surface area contributed by atoms with Crippen molar-refractivity contribution in [2.45, 2.75) is 19.6 Å². The summed E-state index contributed by atoms with van der Waals surface area (Å²) in [6.07, 6.45) is 1.97. The summed E-state index contributed by atoms with van der Waals surface area (Å²) in [5, 5.41) is 3.57. The van der Waals surface area contributed by atoms with Crippen molar-refractivity contribution < 1.29 is 9.18 Å². The van der Waals surface area contributed by atoms with Gasteiger partial charge in [0, 0.05) is 35.7 Å². The summed E-state index contributed by atoms with van der Waals surface area (Å²) in [5.41, 5.74) is 3.69. The molecule has 0 unspecified atom stereocenters. The van der Waals surface area contributed by atoms with Gasteiger partial charge in [-0.25, -0.2) is 9.18 Å². The summed E-state index contributed by atoms with van der Waals surface area (Å²) < 4.78 is 15.3. The Morgan fingerprint density at radius 3 is 2.28 bits per heavy atom. The molecular formula is C26H23ClFN3O. The Morgan fingerprint density at radius 1 is 0.844 bits per heavy atom. The van der Waals surface area contributed by atoms with Crippen LogP contribution in [0, 0.1) is 5.82 Å². The Morgan fingerprint density at radius 2 is 1.56 bits per heavy atom. The molecule has 1 aromatic heterocycles. The summed E-state index contributed by atoms with van der Waals surface area (Å²) in [6.45, 7) is 1.48. The van der Waals surface area contributed by atoms with Gasteiger partial charge in [0.1, 0.15) is 5.82 Å². The quantitative estimate of drug-likeness (QED) is 0.342. The lowest BCUT2D eigenvalue weighted by molar-refractivity contribution is 0.205. The minimum atomic E-state index is -0.255. The number of amides is 2. The lowest BCUT2D eigenvalue weighted by atomic mass is 10.2. The molecule has 1 N–H and O–H groups in total. The number of aromatic nitrogens is 1. The molecule has 0 aliphatic rings. The van der Waals surface area contributed by atoms with Crippen molar-refractivity contribution in [1.82, 2.24) is 9.47 Å². The van der Waals surface area contributed by atoms with Gasteiger partial charge < -0.3 is 14.8 Å². The van der Waals surface area contributed by atoms with Gasteiger partial charge in [-0.3, -0.25) is 0 Å². The number of anilines is 1. The van der Waals surface area contributed by atoms with Gasteiger partial charge in [-0.2, -0.15) is 0 Å². The zero-order chi connectivity index (χ0) is 22.3. The number of urea groups is 1. The maximum Gasteiger partial charge on any atom is 0.322 e. The van der Waals surface area contributed by atoms with Crippen molar-refractivity contribution in [3.05, 3.63) is 125 Å². The van der Waals surface area contributed by atoms with Crippen LogP contribution < -0.4 is 5.32 Å². The highest BCUT2D eigenvalue weighted by Gasteiger charge is 2.17. The summed E-state index contributed by atoms with van der Waals surface area (Å²) in [7, 11) is 0. The molecule has 1 heterocycles. The Hall–Kier alpha value is -3.57. The Balaban J connectivity index is 1.53. The van der Waals surface area contributed by atoms with E-state index in [0.717, 1.165) is 16.8 Å². The fourth-order valence-corrected chi connectivity index (χ4v) is 3.59. The number of halogens is 2. The number of carbonyl (C=O) groups excluding carboxylic acids is 1.